The summed E-state index contributed by atoms with van der Waals surface area (Å²) in [6.45, 7) is 3.21. The highest BCUT2D eigenvalue weighted by molar-refractivity contribution is 6.03. The highest BCUT2D eigenvalue weighted by Gasteiger charge is 2.27. The molecular formula is C21H22N4O4. The summed E-state index contributed by atoms with van der Waals surface area (Å²) in [5.74, 6) is 0. The maximum atomic E-state index is 13.1. The van der Waals surface area contributed by atoms with Crippen molar-refractivity contribution in [3.05, 3.63) is 83.3 Å². The lowest BCUT2D eigenvalue weighted by Crippen LogP contribution is -2.41. The van der Waals surface area contributed by atoms with Crippen molar-refractivity contribution >= 4 is 22.4 Å². The Morgan fingerprint density at radius 2 is 1.86 bits per heavy atom. The molecule has 0 unspecified atom stereocenters. The molecule has 0 aliphatic rings. The van der Waals surface area contributed by atoms with E-state index in [0.717, 1.165) is 0 Å². The molecule has 29 heavy (non-hydrogen) atoms. The maximum Gasteiger partial charge on any atom is 0.279 e. The Labute approximate surface area is 167 Å². The van der Waals surface area contributed by atoms with Crippen molar-refractivity contribution in [1.82, 2.24) is 9.55 Å². The van der Waals surface area contributed by atoms with Gasteiger partial charge in [-0.15, -0.1) is 6.58 Å². The minimum atomic E-state index is -1.63. The molecule has 8 nitrogen and oxygen atoms in total. The third kappa shape index (κ3) is 4.40. The number of allylic oxidation sites excluding steroid dienone is 1. The van der Waals surface area contributed by atoms with Gasteiger partial charge in [0, 0.05) is 6.54 Å². The van der Waals surface area contributed by atoms with Gasteiger partial charge >= 0.3 is 0 Å². The van der Waals surface area contributed by atoms with E-state index in [2.05, 4.69) is 22.1 Å². The third-order valence-corrected chi connectivity index (χ3v) is 4.32. The summed E-state index contributed by atoms with van der Waals surface area (Å²) >= 11 is 0. The van der Waals surface area contributed by atoms with Crippen LogP contribution in [0.25, 0.3) is 11.0 Å². The van der Waals surface area contributed by atoms with Gasteiger partial charge in [-0.05, 0) is 24.3 Å². The number of aliphatic hydroxyl groups excluding tert-OH is 3. The zero-order chi connectivity index (χ0) is 20.8. The molecule has 3 aromatic rings. The van der Waals surface area contributed by atoms with Crippen molar-refractivity contribution in [1.29, 1.82) is 0 Å². The maximum absolute atomic E-state index is 13.1. The van der Waals surface area contributed by atoms with E-state index < -0.39 is 24.4 Å². The van der Waals surface area contributed by atoms with Gasteiger partial charge in [-0.1, -0.05) is 36.4 Å². The molecule has 0 amide bonds. The summed E-state index contributed by atoms with van der Waals surface area (Å²) in [6, 6.07) is 16.0. The molecule has 0 radical (unpaired) electrons. The second kappa shape index (κ2) is 9.24. The number of hydrogen-bond acceptors (Lipinski definition) is 7. The molecule has 3 rings (SSSR count). The molecule has 4 N–H and O–H groups in total. The molecule has 0 fully saturated rings. The van der Waals surface area contributed by atoms with Crippen molar-refractivity contribution in [2.24, 2.45) is 5.10 Å². The van der Waals surface area contributed by atoms with Crippen LogP contribution in [0.1, 0.15) is 5.69 Å². The quantitative estimate of drug-likeness (QED) is 0.258. The first kappa shape index (κ1) is 20.4. The van der Waals surface area contributed by atoms with Gasteiger partial charge in [0.15, 0.2) is 5.69 Å². The molecule has 150 valence electrons. The minimum Gasteiger partial charge on any atom is -0.394 e. The van der Waals surface area contributed by atoms with Crippen LogP contribution in [0.15, 0.2) is 77.1 Å². The average Bonchev–Trinajstić information content (AvgIpc) is 2.76. The Bertz CT molecular complexity index is 1080. The van der Waals surface area contributed by atoms with Crippen LogP contribution in [-0.2, 0) is 6.54 Å². The second-order valence-electron chi connectivity index (χ2n) is 6.32. The van der Waals surface area contributed by atoms with Crippen molar-refractivity contribution in [2.45, 2.75) is 18.8 Å². The standard InChI is InChI=1S/C21H22N4O4/c1-2-12-25-16-11-7-6-10-15(16)22-19(21(25)29)18(20(28)17(27)13-26)24-23-14-8-4-3-5-9-14/h2-11,17,20,23,26-28H,1,12-13H2/b24-18-/t17-,20+/m0/s1. The van der Waals surface area contributed by atoms with Gasteiger partial charge < -0.3 is 19.9 Å². The first-order valence-electron chi connectivity index (χ1n) is 9.03. The molecule has 0 saturated carbocycles. The molecule has 0 aliphatic heterocycles. The summed E-state index contributed by atoms with van der Waals surface area (Å²) in [7, 11) is 0. The lowest BCUT2D eigenvalue weighted by Gasteiger charge is -2.19. The average molecular weight is 394 g/mol. The van der Waals surface area contributed by atoms with Crippen LogP contribution in [0.2, 0.25) is 0 Å². The number of aliphatic hydroxyl groups is 3. The molecule has 2 aromatic carbocycles. The number of benzene rings is 2. The molecule has 1 heterocycles. The lowest BCUT2D eigenvalue weighted by atomic mass is 10.1. The second-order valence-corrected chi connectivity index (χ2v) is 6.32. The molecule has 0 saturated heterocycles. The van der Waals surface area contributed by atoms with Crippen molar-refractivity contribution in [3.8, 4) is 0 Å². The van der Waals surface area contributed by atoms with Gasteiger partial charge in [-0.3, -0.25) is 10.2 Å². The van der Waals surface area contributed by atoms with Gasteiger partial charge in [-0.25, -0.2) is 4.98 Å². The van der Waals surface area contributed by atoms with E-state index in [-0.39, 0.29) is 18.0 Å². The molecule has 8 heteroatoms. The first-order valence-corrected chi connectivity index (χ1v) is 9.03. The number of rotatable bonds is 8. The number of anilines is 1. The number of fused-ring (bicyclic) bond motifs is 1. The van der Waals surface area contributed by atoms with E-state index >= 15 is 0 Å². The number of para-hydroxylation sites is 3. The monoisotopic (exact) mass is 394 g/mol. The van der Waals surface area contributed by atoms with Crippen LogP contribution in [-0.4, -0.2) is 49.4 Å². The Balaban J connectivity index is 2.19. The van der Waals surface area contributed by atoms with Crippen molar-refractivity contribution in [3.63, 3.8) is 0 Å². The van der Waals surface area contributed by atoms with E-state index in [1.807, 2.05) is 6.07 Å². The van der Waals surface area contributed by atoms with E-state index in [0.29, 0.717) is 16.7 Å². The number of nitrogens with one attached hydrogen (secondary N) is 1. The van der Waals surface area contributed by atoms with E-state index in [4.69, 9.17) is 0 Å². The molecule has 1 aromatic heterocycles. The zero-order valence-electron chi connectivity index (χ0n) is 15.6. The first-order chi connectivity index (χ1) is 14.1. The highest BCUT2D eigenvalue weighted by Crippen LogP contribution is 2.13. The third-order valence-electron chi connectivity index (χ3n) is 4.32. The van der Waals surface area contributed by atoms with Crippen LogP contribution in [0, 0.1) is 0 Å². The van der Waals surface area contributed by atoms with Gasteiger partial charge in [0.2, 0.25) is 0 Å². The largest absolute Gasteiger partial charge is 0.394 e. The fraction of sp³-hybridized carbons (Fsp3) is 0.190. The Morgan fingerprint density at radius 1 is 1.17 bits per heavy atom. The SMILES string of the molecule is C=CCn1c(=O)c(/C(=N/Nc2ccccc2)[C@H](O)[C@@H](O)CO)nc2ccccc21. The van der Waals surface area contributed by atoms with Crippen molar-refractivity contribution < 1.29 is 15.3 Å². The van der Waals surface area contributed by atoms with E-state index in [1.54, 1.807) is 54.6 Å². The Morgan fingerprint density at radius 3 is 2.55 bits per heavy atom. The number of aromatic nitrogens is 2. The number of hydrogen-bond donors (Lipinski definition) is 4. The molecule has 0 spiro atoms. The number of nitrogens with zero attached hydrogens (tertiary/aromatic N) is 3. The van der Waals surface area contributed by atoms with Crippen LogP contribution in [0.3, 0.4) is 0 Å². The van der Waals surface area contributed by atoms with Gasteiger partial charge in [-0.2, -0.15) is 5.10 Å². The van der Waals surface area contributed by atoms with E-state index in [1.165, 1.54) is 4.57 Å². The van der Waals surface area contributed by atoms with E-state index in [9.17, 15) is 20.1 Å². The predicted octanol–water partition coefficient (Wildman–Crippen LogP) is 1.11. The molecule has 2 atom stereocenters. The van der Waals surface area contributed by atoms with Crippen LogP contribution >= 0.6 is 0 Å². The molecular weight excluding hydrogens is 372 g/mol. The molecule has 0 aliphatic carbocycles. The summed E-state index contributed by atoms with van der Waals surface area (Å²) < 4.78 is 1.46. The normalized spacial score (nSPS) is 13.8. The topological polar surface area (TPSA) is 120 Å². The summed E-state index contributed by atoms with van der Waals surface area (Å²) in [5, 5.41) is 33.9. The predicted molar refractivity (Wildman–Crippen MR) is 112 cm³/mol. The Hall–Kier alpha value is -3.33. The number of hydrazone groups is 1. The van der Waals surface area contributed by atoms with Gasteiger partial charge in [0.05, 0.1) is 23.3 Å². The zero-order valence-corrected chi connectivity index (χ0v) is 15.6. The minimum absolute atomic E-state index is 0.131. The van der Waals surface area contributed by atoms with Gasteiger partial charge in [0.25, 0.3) is 5.56 Å². The highest BCUT2D eigenvalue weighted by atomic mass is 16.4. The van der Waals surface area contributed by atoms with Crippen LogP contribution < -0.4 is 11.0 Å². The summed E-state index contributed by atoms with van der Waals surface area (Å²) in [5.41, 5.74) is 3.69. The van der Waals surface area contributed by atoms with Crippen LogP contribution in [0.4, 0.5) is 5.69 Å². The fourth-order valence-electron chi connectivity index (χ4n) is 2.85. The Kier molecular flexibility index (Phi) is 6.50. The summed E-state index contributed by atoms with van der Waals surface area (Å²) in [6.07, 6.45) is -1.59. The van der Waals surface area contributed by atoms with Crippen molar-refractivity contribution in [2.75, 3.05) is 12.0 Å². The van der Waals surface area contributed by atoms with Crippen LogP contribution in [0.5, 0.6) is 0 Å². The molecule has 0 bridgehead atoms. The lowest BCUT2D eigenvalue weighted by molar-refractivity contribution is 0.0184. The van der Waals surface area contributed by atoms with Gasteiger partial charge in [0.1, 0.15) is 17.9 Å². The fourth-order valence-corrected chi connectivity index (χ4v) is 2.85. The summed E-state index contributed by atoms with van der Waals surface area (Å²) in [4.78, 5) is 17.5. The smallest absolute Gasteiger partial charge is 0.279 e.